The van der Waals surface area contributed by atoms with Crippen molar-refractivity contribution in [3.05, 3.63) is 25.6 Å². The normalized spacial score (nSPS) is 10.4. The lowest BCUT2D eigenvalue weighted by Gasteiger charge is -1.90. The zero-order valence-electron chi connectivity index (χ0n) is 7.02. The average molecular weight is 290 g/mol. The highest BCUT2D eigenvalue weighted by Crippen LogP contribution is 2.20. The summed E-state index contributed by atoms with van der Waals surface area (Å²) in [6, 6.07) is 0. The van der Waals surface area contributed by atoms with Gasteiger partial charge in [-0.1, -0.05) is 4.49 Å². The molecular formula is C7H4BrN3OS2. The Labute approximate surface area is 96.3 Å². The number of halogens is 1. The fourth-order valence-corrected chi connectivity index (χ4v) is 2.75. The third-order valence-corrected chi connectivity index (χ3v) is 3.91. The highest BCUT2D eigenvalue weighted by molar-refractivity contribution is 9.10. The van der Waals surface area contributed by atoms with Crippen LogP contribution in [0.15, 0.2) is 9.98 Å². The van der Waals surface area contributed by atoms with Crippen LogP contribution >= 0.6 is 38.8 Å². The molecule has 14 heavy (non-hydrogen) atoms. The molecule has 0 unspecified atom stereocenters. The molecular weight excluding hydrogens is 286 g/mol. The summed E-state index contributed by atoms with van der Waals surface area (Å²) in [5.74, 6) is -0.104. The number of rotatable bonds is 2. The van der Waals surface area contributed by atoms with Crippen LogP contribution in [0.2, 0.25) is 0 Å². The van der Waals surface area contributed by atoms with E-state index in [9.17, 15) is 4.79 Å². The standard InChI is InChI=1S/C7H4BrN3OS2/c1-3-6(14-11-10-3)5(12)7-9-4(8)2-13-7/h2H,1H3. The summed E-state index contributed by atoms with van der Waals surface area (Å²) in [7, 11) is 0. The van der Waals surface area contributed by atoms with Crippen LogP contribution in [0.3, 0.4) is 0 Å². The molecule has 0 N–H and O–H groups in total. The van der Waals surface area contributed by atoms with Crippen molar-refractivity contribution < 1.29 is 4.79 Å². The molecule has 0 radical (unpaired) electrons. The molecule has 0 saturated heterocycles. The van der Waals surface area contributed by atoms with Gasteiger partial charge in [-0.25, -0.2) is 4.98 Å². The Kier molecular flexibility index (Phi) is 2.71. The molecule has 0 fully saturated rings. The molecule has 0 saturated carbocycles. The minimum atomic E-state index is -0.104. The molecule has 2 aromatic rings. The van der Waals surface area contributed by atoms with E-state index in [2.05, 4.69) is 30.5 Å². The summed E-state index contributed by atoms with van der Waals surface area (Å²) in [6.45, 7) is 1.76. The van der Waals surface area contributed by atoms with E-state index in [-0.39, 0.29) is 5.78 Å². The molecule has 7 heteroatoms. The Balaban J connectivity index is 2.38. The van der Waals surface area contributed by atoms with E-state index in [0.29, 0.717) is 20.2 Å². The maximum atomic E-state index is 11.8. The van der Waals surface area contributed by atoms with Crippen LogP contribution in [0.1, 0.15) is 20.4 Å². The van der Waals surface area contributed by atoms with E-state index in [0.717, 1.165) is 11.5 Å². The Morgan fingerprint density at radius 2 is 2.36 bits per heavy atom. The largest absolute Gasteiger partial charge is 0.285 e. The molecule has 0 aliphatic heterocycles. The molecule has 2 rings (SSSR count). The Bertz CT molecular complexity index is 479. The van der Waals surface area contributed by atoms with Gasteiger partial charge in [-0.2, -0.15) is 0 Å². The van der Waals surface area contributed by atoms with Gasteiger partial charge < -0.3 is 0 Å². The number of nitrogens with zero attached hydrogens (tertiary/aromatic N) is 3. The number of thiazole rings is 1. The Morgan fingerprint density at radius 3 is 2.86 bits per heavy atom. The van der Waals surface area contributed by atoms with E-state index in [1.165, 1.54) is 11.3 Å². The lowest BCUT2D eigenvalue weighted by Crippen LogP contribution is -1.99. The molecule has 4 nitrogen and oxygen atoms in total. The van der Waals surface area contributed by atoms with E-state index in [1.807, 2.05) is 0 Å². The van der Waals surface area contributed by atoms with Crippen molar-refractivity contribution in [2.45, 2.75) is 6.92 Å². The quantitative estimate of drug-likeness (QED) is 0.796. The predicted octanol–water partition coefficient (Wildman–Crippen LogP) is 2.30. The number of ketones is 1. The van der Waals surface area contributed by atoms with Crippen molar-refractivity contribution in [3.63, 3.8) is 0 Å². The summed E-state index contributed by atoms with van der Waals surface area (Å²) < 4.78 is 4.39. The van der Waals surface area contributed by atoms with E-state index in [1.54, 1.807) is 12.3 Å². The van der Waals surface area contributed by atoms with Crippen molar-refractivity contribution in [1.29, 1.82) is 0 Å². The number of hydrogen-bond acceptors (Lipinski definition) is 6. The topological polar surface area (TPSA) is 55.7 Å². The summed E-state index contributed by atoms with van der Waals surface area (Å²) in [6.07, 6.45) is 0. The molecule has 72 valence electrons. The van der Waals surface area contributed by atoms with Crippen molar-refractivity contribution in [3.8, 4) is 0 Å². The van der Waals surface area contributed by atoms with Gasteiger partial charge in [0.25, 0.3) is 0 Å². The second kappa shape index (κ2) is 3.84. The first kappa shape index (κ1) is 9.88. The van der Waals surface area contributed by atoms with E-state index >= 15 is 0 Å². The molecule has 0 aliphatic carbocycles. The van der Waals surface area contributed by atoms with Gasteiger partial charge in [-0.05, 0) is 34.4 Å². The lowest BCUT2D eigenvalue weighted by molar-refractivity contribution is 0.104. The third kappa shape index (κ3) is 1.75. The molecule has 0 spiro atoms. The van der Waals surface area contributed by atoms with Crippen LogP contribution in [0.5, 0.6) is 0 Å². The minimum Gasteiger partial charge on any atom is -0.285 e. The maximum absolute atomic E-state index is 11.8. The van der Waals surface area contributed by atoms with Crippen LogP contribution in [0.25, 0.3) is 0 Å². The smallest absolute Gasteiger partial charge is 0.235 e. The second-order valence-corrected chi connectivity index (χ2v) is 4.92. The van der Waals surface area contributed by atoms with Crippen LogP contribution in [-0.4, -0.2) is 20.4 Å². The summed E-state index contributed by atoms with van der Waals surface area (Å²) in [5, 5.41) is 6.02. The van der Waals surface area contributed by atoms with Crippen LogP contribution in [-0.2, 0) is 0 Å². The number of aromatic nitrogens is 3. The van der Waals surface area contributed by atoms with Crippen molar-refractivity contribution >= 4 is 44.6 Å². The number of hydrogen-bond donors (Lipinski definition) is 0. The Hall–Kier alpha value is -0.660. The zero-order valence-corrected chi connectivity index (χ0v) is 10.2. The lowest BCUT2D eigenvalue weighted by atomic mass is 10.3. The van der Waals surface area contributed by atoms with Crippen molar-refractivity contribution in [1.82, 2.24) is 14.6 Å². The van der Waals surface area contributed by atoms with Crippen LogP contribution in [0.4, 0.5) is 0 Å². The number of carbonyl (C=O) groups is 1. The predicted molar refractivity (Wildman–Crippen MR) is 57.9 cm³/mol. The highest BCUT2D eigenvalue weighted by Gasteiger charge is 2.18. The van der Waals surface area contributed by atoms with Gasteiger partial charge in [-0.15, -0.1) is 16.4 Å². The SMILES string of the molecule is Cc1nnsc1C(=O)c1nc(Br)cs1. The Morgan fingerprint density at radius 1 is 1.57 bits per heavy atom. The van der Waals surface area contributed by atoms with Crippen LogP contribution in [0, 0.1) is 6.92 Å². The zero-order chi connectivity index (χ0) is 10.1. The molecule has 2 heterocycles. The van der Waals surface area contributed by atoms with Gasteiger partial charge >= 0.3 is 0 Å². The molecule has 0 bridgehead atoms. The number of carbonyl (C=O) groups excluding carboxylic acids is 1. The van der Waals surface area contributed by atoms with Crippen molar-refractivity contribution in [2.75, 3.05) is 0 Å². The first-order valence-corrected chi connectivity index (χ1v) is 6.08. The first-order chi connectivity index (χ1) is 6.68. The summed E-state index contributed by atoms with van der Waals surface area (Å²) >= 11 is 5.61. The minimum absolute atomic E-state index is 0.104. The summed E-state index contributed by atoms with van der Waals surface area (Å²) in [5.41, 5.74) is 0.659. The van der Waals surface area contributed by atoms with Gasteiger partial charge in [0.1, 0.15) is 9.48 Å². The third-order valence-electron chi connectivity index (χ3n) is 1.53. The van der Waals surface area contributed by atoms with Gasteiger partial charge in [0.15, 0.2) is 5.01 Å². The fraction of sp³-hybridized carbons (Fsp3) is 0.143. The fourth-order valence-electron chi connectivity index (χ4n) is 0.895. The monoisotopic (exact) mass is 289 g/mol. The first-order valence-electron chi connectivity index (χ1n) is 3.63. The van der Waals surface area contributed by atoms with Crippen molar-refractivity contribution in [2.24, 2.45) is 0 Å². The number of aryl methyl sites for hydroxylation is 1. The van der Waals surface area contributed by atoms with Gasteiger partial charge in [0, 0.05) is 5.38 Å². The second-order valence-electron chi connectivity index (χ2n) is 2.49. The average Bonchev–Trinajstić information content (AvgIpc) is 2.73. The maximum Gasteiger partial charge on any atom is 0.235 e. The van der Waals surface area contributed by atoms with Gasteiger partial charge in [-0.3, -0.25) is 4.79 Å². The molecule has 0 atom stereocenters. The van der Waals surface area contributed by atoms with E-state index < -0.39 is 0 Å². The molecule has 0 aliphatic rings. The van der Waals surface area contributed by atoms with Gasteiger partial charge in [0.05, 0.1) is 5.69 Å². The molecule has 0 aromatic carbocycles. The molecule has 0 amide bonds. The molecule has 2 aromatic heterocycles. The van der Waals surface area contributed by atoms with Crippen LogP contribution < -0.4 is 0 Å². The van der Waals surface area contributed by atoms with Gasteiger partial charge in [0.2, 0.25) is 5.78 Å². The van der Waals surface area contributed by atoms with E-state index in [4.69, 9.17) is 0 Å². The highest BCUT2D eigenvalue weighted by atomic mass is 79.9. The summed E-state index contributed by atoms with van der Waals surface area (Å²) in [4.78, 5) is 16.4.